The number of rotatable bonds is 2. The average Bonchev–Trinajstić information content (AvgIpc) is 1.63. The highest BCUT2D eigenvalue weighted by Crippen LogP contribution is 1.81. The van der Waals surface area contributed by atoms with Crippen molar-refractivity contribution in [1.82, 2.24) is 5.32 Å². The molecule has 0 saturated carbocycles. The summed E-state index contributed by atoms with van der Waals surface area (Å²) in [5.41, 5.74) is 0. The van der Waals surface area contributed by atoms with Crippen LogP contribution < -0.4 is 5.32 Å². The average molecular weight is 129 g/mol. The van der Waals surface area contributed by atoms with Crippen LogP contribution in [0.5, 0.6) is 0 Å². The van der Waals surface area contributed by atoms with Gasteiger partial charge in [0.25, 0.3) is 0 Å². The van der Waals surface area contributed by atoms with Crippen molar-refractivity contribution in [2.75, 3.05) is 0 Å². The Kier molecular flexibility index (Phi) is 2.91. The molecule has 0 fully saturated rings. The molecule has 0 aliphatic rings. The van der Waals surface area contributed by atoms with E-state index in [-0.39, 0.29) is 17.7 Å². The van der Waals surface area contributed by atoms with E-state index in [1.807, 2.05) is 0 Å². The fourth-order valence-corrected chi connectivity index (χ4v) is 0.407. The third kappa shape index (κ3) is 3.70. The van der Waals surface area contributed by atoms with Gasteiger partial charge in [-0.3, -0.25) is 9.59 Å². The molecule has 3 nitrogen and oxygen atoms in total. The molecule has 1 N–H and O–H groups in total. The van der Waals surface area contributed by atoms with Crippen LogP contribution in [0, 0.1) is 0 Å². The molecular weight excluding hydrogens is 118 g/mol. The zero-order chi connectivity index (χ0) is 7.44. The Hall–Kier alpha value is -0.860. The zero-order valence-corrected chi connectivity index (χ0v) is 5.89. The minimum atomic E-state index is -0.345. The van der Waals surface area contributed by atoms with Gasteiger partial charge < -0.3 is 5.32 Å². The van der Waals surface area contributed by atoms with Crippen molar-refractivity contribution in [3.63, 3.8) is 0 Å². The highest BCUT2D eigenvalue weighted by atomic mass is 16.2. The molecule has 9 heavy (non-hydrogen) atoms. The van der Waals surface area contributed by atoms with Crippen LogP contribution in [0.2, 0.25) is 0 Å². The van der Waals surface area contributed by atoms with Gasteiger partial charge in [0.1, 0.15) is 0 Å². The molecule has 0 aliphatic heterocycles. The molecule has 1 atom stereocenters. The van der Waals surface area contributed by atoms with Crippen LogP contribution in [0.15, 0.2) is 0 Å². The van der Waals surface area contributed by atoms with Crippen LogP contribution in [0.1, 0.15) is 20.8 Å². The Morgan fingerprint density at radius 2 is 1.78 bits per heavy atom. The molecule has 1 amide bonds. The number of hydrogen-bond donors (Lipinski definition) is 1. The van der Waals surface area contributed by atoms with Gasteiger partial charge in [-0.05, 0) is 13.8 Å². The molecule has 0 heterocycles. The summed E-state index contributed by atoms with van der Waals surface area (Å²) in [4.78, 5) is 20.8. The predicted octanol–water partition coefficient (Wildman–Crippen LogP) is 0.100. The van der Waals surface area contributed by atoms with E-state index in [0.29, 0.717) is 0 Å². The predicted molar refractivity (Wildman–Crippen MR) is 34.0 cm³/mol. The van der Waals surface area contributed by atoms with Crippen LogP contribution >= 0.6 is 0 Å². The highest BCUT2D eigenvalue weighted by molar-refractivity contribution is 5.86. The molecule has 0 spiro atoms. The molecule has 0 aromatic heterocycles. The number of ketones is 1. The first-order valence-electron chi connectivity index (χ1n) is 2.81. The molecule has 0 radical (unpaired) electrons. The summed E-state index contributed by atoms with van der Waals surface area (Å²) >= 11 is 0. The van der Waals surface area contributed by atoms with E-state index >= 15 is 0 Å². The molecule has 0 rings (SSSR count). The van der Waals surface area contributed by atoms with Gasteiger partial charge in [-0.25, -0.2) is 0 Å². The summed E-state index contributed by atoms with van der Waals surface area (Å²) in [5, 5.41) is 2.45. The highest BCUT2D eigenvalue weighted by Gasteiger charge is 2.06. The SMILES string of the molecule is CC(=O)NC(C)C(C)=O. The van der Waals surface area contributed by atoms with E-state index < -0.39 is 0 Å². The molecule has 0 saturated heterocycles. The van der Waals surface area contributed by atoms with Gasteiger partial charge in [-0.2, -0.15) is 0 Å². The van der Waals surface area contributed by atoms with Crippen molar-refractivity contribution in [2.45, 2.75) is 26.8 Å². The van der Waals surface area contributed by atoms with Crippen LogP contribution in [-0.2, 0) is 9.59 Å². The lowest BCUT2D eigenvalue weighted by Gasteiger charge is -2.06. The zero-order valence-electron chi connectivity index (χ0n) is 5.89. The number of amides is 1. The molecule has 3 heteroatoms. The summed E-state index contributed by atoms with van der Waals surface area (Å²) < 4.78 is 0. The first kappa shape index (κ1) is 8.14. The van der Waals surface area contributed by atoms with Gasteiger partial charge in [0.15, 0.2) is 5.78 Å². The van der Waals surface area contributed by atoms with Gasteiger partial charge in [-0.15, -0.1) is 0 Å². The summed E-state index contributed by atoms with van der Waals surface area (Å²) in [6.07, 6.45) is 0. The van der Waals surface area contributed by atoms with E-state index in [9.17, 15) is 9.59 Å². The van der Waals surface area contributed by atoms with Gasteiger partial charge in [-0.1, -0.05) is 0 Å². The maximum Gasteiger partial charge on any atom is 0.217 e. The lowest BCUT2D eigenvalue weighted by molar-refractivity contribution is -0.125. The normalized spacial score (nSPS) is 12.3. The van der Waals surface area contributed by atoms with E-state index in [4.69, 9.17) is 0 Å². The number of nitrogens with one attached hydrogen (secondary N) is 1. The second kappa shape index (κ2) is 3.22. The van der Waals surface area contributed by atoms with E-state index in [1.165, 1.54) is 13.8 Å². The monoisotopic (exact) mass is 129 g/mol. The van der Waals surface area contributed by atoms with E-state index in [2.05, 4.69) is 5.32 Å². The van der Waals surface area contributed by atoms with Crippen molar-refractivity contribution >= 4 is 11.7 Å². The molecule has 1 unspecified atom stereocenters. The van der Waals surface area contributed by atoms with Crippen molar-refractivity contribution in [3.05, 3.63) is 0 Å². The van der Waals surface area contributed by atoms with Crippen LogP contribution in [-0.4, -0.2) is 17.7 Å². The molecule has 0 aromatic carbocycles. The Labute approximate surface area is 54.4 Å². The quantitative estimate of drug-likeness (QED) is 0.574. The summed E-state index contributed by atoms with van der Waals surface area (Å²) in [7, 11) is 0. The third-order valence-corrected chi connectivity index (χ3v) is 1.03. The van der Waals surface area contributed by atoms with Crippen molar-refractivity contribution in [3.8, 4) is 0 Å². The standard InChI is InChI=1S/C6H11NO2/c1-4(5(2)8)7-6(3)9/h4H,1-3H3,(H,7,9). The Bertz CT molecular complexity index is 131. The number of carbonyl (C=O) groups excluding carboxylic acids is 2. The fraction of sp³-hybridized carbons (Fsp3) is 0.667. The second-order valence-corrected chi connectivity index (χ2v) is 2.03. The largest absolute Gasteiger partial charge is 0.347 e. The molecular formula is C6H11NO2. The Morgan fingerprint density at radius 1 is 1.33 bits per heavy atom. The van der Waals surface area contributed by atoms with Gasteiger partial charge in [0.2, 0.25) is 5.91 Å². The van der Waals surface area contributed by atoms with E-state index in [1.54, 1.807) is 6.92 Å². The smallest absolute Gasteiger partial charge is 0.217 e. The molecule has 0 aliphatic carbocycles. The Morgan fingerprint density at radius 3 is 1.89 bits per heavy atom. The minimum absolute atomic E-state index is 0.0230. The number of Topliss-reactive ketones (excluding diaryl/α,β-unsaturated/α-hetero) is 1. The maximum atomic E-state index is 10.5. The van der Waals surface area contributed by atoms with Crippen molar-refractivity contribution in [1.29, 1.82) is 0 Å². The van der Waals surface area contributed by atoms with Gasteiger partial charge in [0, 0.05) is 6.92 Å². The fourth-order valence-electron chi connectivity index (χ4n) is 0.407. The molecule has 0 aromatic rings. The van der Waals surface area contributed by atoms with Crippen LogP contribution in [0.25, 0.3) is 0 Å². The topological polar surface area (TPSA) is 46.2 Å². The van der Waals surface area contributed by atoms with Crippen LogP contribution in [0.3, 0.4) is 0 Å². The maximum absolute atomic E-state index is 10.5. The van der Waals surface area contributed by atoms with Gasteiger partial charge >= 0.3 is 0 Å². The second-order valence-electron chi connectivity index (χ2n) is 2.03. The van der Waals surface area contributed by atoms with E-state index in [0.717, 1.165) is 0 Å². The van der Waals surface area contributed by atoms with Gasteiger partial charge in [0.05, 0.1) is 6.04 Å². The first-order chi connectivity index (χ1) is 4.04. The lowest BCUT2D eigenvalue weighted by atomic mass is 10.2. The molecule has 52 valence electrons. The minimum Gasteiger partial charge on any atom is -0.347 e. The third-order valence-electron chi connectivity index (χ3n) is 1.03. The summed E-state index contributed by atoms with van der Waals surface area (Å²) in [6.45, 7) is 4.49. The first-order valence-corrected chi connectivity index (χ1v) is 2.81. The Balaban J connectivity index is 3.63. The summed E-state index contributed by atoms with van der Waals surface area (Å²) in [6, 6.07) is -0.345. The lowest BCUT2D eigenvalue weighted by Crippen LogP contribution is -2.35. The number of hydrogen-bond acceptors (Lipinski definition) is 2. The molecule has 0 bridgehead atoms. The van der Waals surface area contributed by atoms with Crippen molar-refractivity contribution in [2.24, 2.45) is 0 Å². The number of carbonyl (C=O) groups is 2. The van der Waals surface area contributed by atoms with Crippen molar-refractivity contribution < 1.29 is 9.59 Å². The summed E-state index contributed by atoms with van der Waals surface area (Å²) in [5.74, 6) is -0.192. The van der Waals surface area contributed by atoms with Crippen LogP contribution in [0.4, 0.5) is 0 Å².